The maximum Gasteiger partial charge on any atom is 0.309 e. The van der Waals surface area contributed by atoms with Crippen molar-refractivity contribution < 1.29 is 27.5 Å². The number of hydrogen-bond donors (Lipinski definition) is 2. The van der Waals surface area contributed by atoms with Gasteiger partial charge in [-0.2, -0.15) is 4.31 Å². The van der Waals surface area contributed by atoms with Crippen molar-refractivity contribution in [1.82, 2.24) is 14.9 Å². The van der Waals surface area contributed by atoms with Crippen molar-refractivity contribution in [3.8, 4) is 5.75 Å². The van der Waals surface area contributed by atoms with Gasteiger partial charge in [0.15, 0.2) is 0 Å². The molecule has 1 heterocycles. The van der Waals surface area contributed by atoms with Crippen LogP contribution >= 0.6 is 0 Å². The number of nitrogens with one attached hydrogen (secondary N) is 2. The first-order chi connectivity index (χ1) is 15.4. The third-order valence-corrected chi connectivity index (χ3v) is 6.91. The second kappa shape index (κ2) is 11.1. The van der Waals surface area contributed by atoms with Crippen LogP contribution in [0.4, 0.5) is 0 Å². The minimum absolute atomic E-state index is 0.0961. The lowest BCUT2D eigenvalue weighted by molar-refractivity contribution is -0.140. The van der Waals surface area contributed by atoms with Crippen LogP contribution in [0.15, 0.2) is 59.5 Å². The molecule has 2 amide bonds. The predicted molar refractivity (Wildman–Crippen MR) is 117 cm³/mol. The summed E-state index contributed by atoms with van der Waals surface area (Å²) in [6, 6.07) is 15.6. The van der Waals surface area contributed by atoms with Gasteiger partial charge in [0.05, 0.1) is 25.2 Å². The van der Waals surface area contributed by atoms with Crippen LogP contribution in [0, 0.1) is 0 Å². The summed E-state index contributed by atoms with van der Waals surface area (Å²) in [5, 5.41) is 5.03. The molecule has 1 atom stereocenters. The van der Waals surface area contributed by atoms with Crippen LogP contribution in [-0.2, 0) is 30.8 Å². The first-order valence-corrected chi connectivity index (χ1v) is 11.7. The highest BCUT2D eigenvalue weighted by Crippen LogP contribution is 2.23. The molecule has 0 unspecified atom stereocenters. The summed E-state index contributed by atoms with van der Waals surface area (Å²) in [6.07, 6.45) is 0.219. The Balaban J connectivity index is 1.55. The molecule has 1 fully saturated rings. The van der Waals surface area contributed by atoms with Crippen LogP contribution in [0.2, 0.25) is 0 Å². The average Bonchev–Trinajstić information content (AvgIpc) is 2.83. The molecule has 9 nitrogen and oxygen atoms in total. The molecule has 0 radical (unpaired) electrons. The molecule has 1 saturated heterocycles. The molecule has 2 aromatic carbocycles. The molecule has 0 aliphatic carbocycles. The first-order valence-electron chi connectivity index (χ1n) is 10.3. The fourth-order valence-corrected chi connectivity index (χ4v) is 4.86. The maximum atomic E-state index is 13.1. The molecular weight excluding hydrogens is 434 g/mol. The monoisotopic (exact) mass is 461 g/mol. The molecule has 0 saturated carbocycles. The topological polar surface area (TPSA) is 114 Å². The molecule has 2 N–H and O–H groups in total. The van der Waals surface area contributed by atoms with Crippen molar-refractivity contribution in [3.05, 3.63) is 60.2 Å². The van der Waals surface area contributed by atoms with Crippen LogP contribution in [0.3, 0.4) is 0 Å². The number of benzene rings is 2. The average molecular weight is 462 g/mol. The van der Waals surface area contributed by atoms with Gasteiger partial charge in [0.25, 0.3) is 0 Å². The summed E-state index contributed by atoms with van der Waals surface area (Å²) in [7, 11) is -2.35. The van der Waals surface area contributed by atoms with E-state index in [4.69, 9.17) is 9.47 Å². The molecule has 172 valence electrons. The Kier molecular flexibility index (Phi) is 8.20. The second-order valence-electron chi connectivity index (χ2n) is 7.17. The van der Waals surface area contributed by atoms with Crippen molar-refractivity contribution >= 4 is 21.8 Å². The number of amides is 2. The number of sulfonamides is 1. The number of carbonyl (C=O) groups excluding carboxylic acids is 2. The molecule has 0 spiro atoms. The second-order valence-corrected chi connectivity index (χ2v) is 9.06. The van der Waals surface area contributed by atoms with E-state index in [1.54, 1.807) is 12.1 Å². The summed E-state index contributed by atoms with van der Waals surface area (Å²) >= 11 is 0. The standard InChI is InChI=1S/C22H27N3O6S/c1-30-18-8-10-19(11-9-18)32(28,29)25-14-5-15-31-20(25)16-24-22(27)21(26)23-13-12-17-6-3-2-4-7-17/h2-4,6-11,20H,5,12-16H2,1H3,(H,23,26)(H,24,27)/t20-/m1/s1. The number of carbonyl (C=O) groups is 2. The van der Waals surface area contributed by atoms with Gasteiger partial charge in [-0.3, -0.25) is 9.59 Å². The first kappa shape index (κ1) is 23.7. The fraction of sp³-hybridized carbons (Fsp3) is 0.364. The molecule has 3 rings (SSSR count). The van der Waals surface area contributed by atoms with Crippen molar-refractivity contribution in [1.29, 1.82) is 0 Å². The number of rotatable bonds is 8. The van der Waals surface area contributed by atoms with Crippen LogP contribution in [0.5, 0.6) is 5.75 Å². The minimum atomic E-state index is -3.85. The summed E-state index contributed by atoms with van der Waals surface area (Å²) in [4.78, 5) is 24.3. The lowest BCUT2D eigenvalue weighted by Crippen LogP contribution is -2.53. The lowest BCUT2D eigenvalue weighted by Gasteiger charge is -2.34. The third kappa shape index (κ3) is 6.06. The van der Waals surface area contributed by atoms with E-state index in [1.807, 2.05) is 30.3 Å². The van der Waals surface area contributed by atoms with E-state index >= 15 is 0 Å². The molecule has 10 heteroatoms. The van der Waals surface area contributed by atoms with Crippen molar-refractivity contribution in [3.63, 3.8) is 0 Å². The zero-order valence-electron chi connectivity index (χ0n) is 17.8. The Morgan fingerprint density at radius 3 is 2.44 bits per heavy atom. The summed E-state index contributed by atoms with van der Waals surface area (Å²) in [5.41, 5.74) is 1.04. The Hall–Kier alpha value is -2.95. The summed E-state index contributed by atoms with van der Waals surface area (Å²) in [5.74, 6) is -1.07. The van der Waals surface area contributed by atoms with Crippen LogP contribution in [0.25, 0.3) is 0 Å². The van der Waals surface area contributed by atoms with E-state index in [2.05, 4.69) is 10.6 Å². The highest BCUT2D eigenvalue weighted by Gasteiger charge is 2.35. The summed E-state index contributed by atoms with van der Waals surface area (Å²) < 4.78 is 38.0. The molecule has 32 heavy (non-hydrogen) atoms. The Morgan fingerprint density at radius 1 is 1.06 bits per heavy atom. The Bertz CT molecular complexity index is 1010. The minimum Gasteiger partial charge on any atom is -0.497 e. The zero-order valence-corrected chi connectivity index (χ0v) is 18.6. The van der Waals surface area contributed by atoms with Crippen LogP contribution in [0.1, 0.15) is 12.0 Å². The fourth-order valence-electron chi connectivity index (χ4n) is 3.29. The summed E-state index contributed by atoms with van der Waals surface area (Å²) in [6.45, 7) is 0.783. The van der Waals surface area contributed by atoms with Gasteiger partial charge in [-0.05, 0) is 42.7 Å². The number of methoxy groups -OCH3 is 1. The Morgan fingerprint density at radius 2 is 1.75 bits per heavy atom. The van der Waals surface area contributed by atoms with Gasteiger partial charge in [-0.1, -0.05) is 30.3 Å². The van der Waals surface area contributed by atoms with E-state index in [9.17, 15) is 18.0 Å². The normalized spacial score (nSPS) is 16.8. The van der Waals surface area contributed by atoms with Crippen molar-refractivity contribution in [2.75, 3.05) is 33.4 Å². The Labute approximate surface area is 187 Å². The van der Waals surface area contributed by atoms with E-state index in [0.29, 0.717) is 31.7 Å². The maximum absolute atomic E-state index is 13.1. The van der Waals surface area contributed by atoms with Gasteiger partial charge in [0, 0.05) is 13.1 Å². The van der Waals surface area contributed by atoms with Gasteiger partial charge in [0.2, 0.25) is 10.0 Å². The quantitative estimate of drug-likeness (QED) is 0.565. The number of nitrogens with zero attached hydrogens (tertiary/aromatic N) is 1. The lowest BCUT2D eigenvalue weighted by atomic mass is 10.1. The van der Waals surface area contributed by atoms with Gasteiger partial charge >= 0.3 is 11.8 Å². The largest absolute Gasteiger partial charge is 0.497 e. The van der Waals surface area contributed by atoms with Crippen molar-refractivity contribution in [2.45, 2.75) is 24.0 Å². The highest BCUT2D eigenvalue weighted by molar-refractivity contribution is 7.89. The van der Waals surface area contributed by atoms with Gasteiger partial charge in [-0.15, -0.1) is 0 Å². The predicted octanol–water partition coefficient (Wildman–Crippen LogP) is 0.907. The zero-order chi connectivity index (χ0) is 23.0. The van der Waals surface area contributed by atoms with Gasteiger partial charge in [0.1, 0.15) is 12.0 Å². The van der Waals surface area contributed by atoms with Gasteiger partial charge < -0.3 is 20.1 Å². The molecule has 2 aromatic rings. The third-order valence-electron chi connectivity index (χ3n) is 5.01. The molecule has 0 bridgehead atoms. The highest BCUT2D eigenvalue weighted by atomic mass is 32.2. The SMILES string of the molecule is COc1ccc(S(=O)(=O)N2CCCO[C@@H]2CNC(=O)C(=O)NCCc2ccccc2)cc1. The van der Waals surface area contributed by atoms with E-state index in [1.165, 1.54) is 23.5 Å². The molecular formula is C22H27N3O6S. The van der Waals surface area contributed by atoms with E-state index in [-0.39, 0.29) is 18.0 Å². The van der Waals surface area contributed by atoms with E-state index in [0.717, 1.165) is 5.56 Å². The van der Waals surface area contributed by atoms with Crippen LogP contribution < -0.4 is 15.4 Å². The smallest absolute Gasteiger partial charge is 0.309 e. The molecule has 0 aromatic heterocycles. The van der Waals surface area contributed by atoms with E-state index < -0.39 is 28.1 Å². The molecule has 1 aliphatic rings. The number of ether oxygens (including phenoxy) is 2. The molecule has 1 aliphatic heterocycles. The van der Waals surface area contributed by atoms with Gasteiger partial charge in [-0.25, -0.2) is 8.42 Å². The van der Waals surface area contributed by atoms with Crippen LogP contribution in [-0.4, -0.2) is 64.1 Å². The number of hydrogen-bond acceptors (Lipinski definition) is 6. The van der Waals surface area contributed by atoms with Crippen molar-refractivity contribution in [2.24, 2.45) is 0 Å².